The van der Waals surface area contributed by atoms with E-state index in [0.717, 1.165) is 80.0 Å². The molecule has 0 aromatic carbocycles. The number of nitrogens with zero attached hydrogens (tertiary/aromatic N) is 5. The standard InChI is InChI=1S/C18H26N5O2S.3C4H9.Sn/c1-18(2,24)13-3-5-22(6-4-13)11-14-21-15-16(19-12-20-17(15)26-14)23-7-9-25-10-8-23;3*1-3-4-2;/h13,24H,3-11H2,1-2H3;3*1,3-4H2,2H3;. The second-order valence-electron chi connectivity index (χ2n) is 12.5. The van der Waals surface area contributed by atoms with Crippen LogP contribution in [0.25, 0.3) is 10.3 Å². The van der Waals surface area contributed by atoms with Crippen molar-refractivity contribution in [1.82, 2.24) is 19.9 Å². The van der Waals surface area contributed by atoms with Gasteiger partial charge in [-0.05, 0) is 0 Å². The van der Waals surface area contributed by atoms with Crippen molar-refractivity contribution in [3.8, 4) is 0 Å². The minimum absolute atomic E-state index is 0.375. The summed E-state index contributed by atoms with van der Waals surface area (Å²) in [5.74, 6) is 1.45. The molecule has 9 heteroatoms. The van der Waals surface area contributed by atoms with Gasteiger partial charge in [-0.1, -0.05) is 0 Å². The van der Waals surface area contributed by atoms with E-state index in [4.69, 9.17) is 19.7 Å². The number of hydrogen-bond donors (Lipinski definition) is 1. The molecule has 39 heavy (non-hydrogen) atoms. The molecule has 0 saturated carbocycles. The number of piperidine rings is 1. The predicted octanol–water partition coefficient (Wildman–Crippen LogP) is 5.96. The van der Waals surface area contributed by atoms with E-state index in [1.807, 2.05) is 13.8 Å². The normalized spacial score (nSPS) is 18.4. The van der Waals surface area contributed by atoms with Gasteiger partial charge in [0.25, 0.3) is 0 Å². The number of likely N-dealkylation sites (tertiary alicyclic amines) is 1. The van der Waals surface area contributed by atoms with E-state index in [-0.39, 0.29) is 0 Å². The van der Waals surface area contributed by atoms with E-state index in [1.165, 1.54) is 55.7 Å². The van der Waals surface area contributed by atoms with Crippen molar-refractivity contribution in [3.63, 3.8) is 0 Å². The van der Waals surface area contributed by atoms with Gasteiger partial charge in [0, 0.05) is 0 Å². The van der Waals surface area contributed by atoms with Crippen molar-refractivity contribution in [3.05, 3.63) is 5.01 Å². The number of aliphatic hydroxyl groups is 1. The molecule has 0 bridgehead atoms. The molecule has 0 atom stereocenters. The zero-order chi connectivity index (χ0) is 27.9. The van der Waals surface area contributed by atoms with Crippen molar-refractivity contribution in [2.45, 2.75) is 111 Å². The van der Waals surface area contributed by atoms with Gasteiger partial charge < -0.3 is 0 Å². The quantitative estimate of drug-likeness (QED) is 0.250. The summed E-state index contributed by atoms with van der Waals surface area (Å²) in [7, 11) is 0. The summed E-state index contributed by atoms with van der Waals surface area (Å²) in [5.41, 5.74) is 0.417. The first-order valence-corrected chi connectivity index (χ1v) is 24.0. The van der Waals surface area contributed by atoms with E-state index in [2.05, 4.69) is 30.6 Å². The van der Waals surface area contributed by atoms with Gasteiger partial charge in [-0.15, -0.1) is 0 Å². The first kappa shape index (κ1) is 31.4. The molecular formula is C30H53N5O2SSn. The number of rotatable bonds is 14. The van der Waals surface area contributed by atoms with E-state index in [1.54, 1.807) is 11.3 Å². The van der Waals surface area contributed by atoms with Crippen molar-refractivity contribution in [2.75, 3.05) is 44.3 Å². The van der Waals surface area contributed by atoms with Crippen molar-refractivity contribution < 1.29 is 9.84 Å². The zero-order valence-electron chi connectivity index (χ0n) is 25.3. The fourth-order valence-corrected chi connectivity index (χ4v) is 22.5. The molecule has 2 aliphatic heterocycles. The molecule has 4 heterocycles. The van der Waals surface area contributed by atoms with Gasteiger partial charge in [-0.2, -0.15) is 0 Å². The van der Waals surface area contributed by atoms with Gasteiger partial charge in [-0.3, -0.25) is 0 Å². The number of ether oxygens (including phenoxy) is 1. The summed E-state index contributed by atoms with van der Waals surface area (Å²) in [6.45, 7) is 17.1. The van der Waals surface area contributed by atoms with E-state index in [9.17, 15) is 5.11 Å². The Labute approximate surface area is 245 Å². The Balaban J connectivity index is 1.69. The zero-order valence-corrected chi connectivity index (χ0v) is 29.0. The Kier molecular flexibility index (Phi) is 11.7. The van der Waals surface area contributed by atoms with Crippen LogP contribution in [-0.2, 0) is 11.3 Å². The van der Waals surface area contributed by atoms with Crippen molar-refractivity contribution in [2.24, 2.45) is 5.92 Å². The maximum absolute atomic E-state index is 10.5. The number of morpholine rings is 1. The average molecular weight is 667 g/mol. The van der Waals surface area contributed by atoms with E-state index >= 15 is 0 Å². The summed E-state index contributed by atoms with van der Waals surface area (Å²) < 4.78 is 11.1. The molecular weight excluding hydrogens is 613 g/mol. The molecule has 220 valence electrons. The molecule has 2 aromatic heterocycles. The van der Waals surface area contributed by atoms with Crippen LogP contribution in [0.15, 0.2) is 0 Å². The van der Waals surface area contributed by atoms with Gasteiger partial charge >= 0.3 is 246 Å². The Morgan fingerprint density at radius 2 is 1.49 bits per heavy atom. The Morgan fingerprint density at radius 3 is 2.03 bits per heavy atom. The predicted molar refractivity (Wildman–Crippen MR) is 167 cm³/mol. The number of thiazole rings is 1. The molecule has 0 unspecified atom stereocenters. The summed E-state index contributed by atoms with van der Waals surface area (Å²) in [6, 6.07) is 0. The van der Waals surface area contributed by atoms with Gasteiger partial charge in [0.05, 0.1) is 0 Å². The molecule has 4 rings (SSSR count). The Hall–Kier alpha value is -0.551. The van der Waals surface area contributed by atoms with Gasteiger partial charge in [0.1, 0.15) is 0 Å². The summed E-state index contributed by atoms with van der Waals surface area (Å²) in [4.78, 5) is 22.2. The number of unbranched alkanes of at least 4 members (excludes halogenated alkanes) is 3. The molecule has 0 spiro atoms. The number of aromatic nitrogens is 3. The van der Waals surface area contributed by atoms with Crippen LogP contribution < -0.4 is 8.74 Å². The Bertz CT molecular complexity index is 1010. The second-order valence-corrected chi connectivity index (χ2v) is 26.5. The molecule has 7 nitrogen and oxygen atoms in total. The first-order chi connectivity index (χ1) is 18.8. The molecule has 2 fully saturated rings. The van der Waals surface area contributed by atoms with Crippen LogP contribution in [-0.4, -0.2) is 88.3 Å². The second kappa shape index (κ2) is 14.6. The molecule has 0 amide bonds. The maximum atomic E-state index is 10.5. The molecule has 2 aromatic rings. The molecule has 2 aliphatic rings. The fourth-order valence-electron chi connectivity index (χ4n) is 6.40. The van der Waals surface area contributed by atoms with E-state index < -0.39 is 24.0 Å². The van der Waals surface area contributed by atoms with Crippen LogP contribution in [0.3, 0.4) is 0 Å². The topological polar surface area (TPSA) is 74.6 Å². The average Bonchev–Trinajstić information content (AvgIpc) is 3.35. The monoisotopic (exact) mass is 667 g/mol. The minimum atomic E-state index is -2.80. The van der Waals surface area contributed by atoms with Crippen LogP contribution in [0.1, 0.15) is 91.0 Å². The van der Waals surface area contributed by atoms with Crippen molar-refractivity contribution >= 4 is 49.7 Å². The van der Waals surface area contributed by atoms with Gasteiger partial charge in [0.15, 0.2) is 0 Å². The number of fused-ring (bicyclic) bond motifs is 1. The van der Waals surface area contributed by atoms with Crippen molar-refractivity contribution in [1.29, 1.82) is 0 Å². The molecule has 1 N–H and O–H groups in total. The molecule has 0 aliphatic carbocycles. The molecule has 0 radical (unpaired) electrons. The van der Waals surface area contributed by atoms with Crippen LogP contribution in [0.5, 0.6) is 0 Å². The SMILES string of the molecule is CCC[CH2][Sn]([CH2]CCC)([CH2]CCC)[c]1nc(N2CCOCC2)c2nc(CN3CCC(C(C)(C)O)CC3)sc2n1. The fraction of sp³-hybridized carbons (Fsp3) is 0.833. The van der Waals surface area contributed by atoms with Crippen LogP contribution in [0.2, 0.25) is 13.3 Å². The summed E-state index contributed by atoms with van der Waals surface area (Å²) in [6.07, 6.45) is 9.78. The van der Waals surface area contributed by atoms with E-state index in [0.29, 0.717) is 5.92 Å². The number of anilines is 1. The van der Waals surface area contributed by atoms with Crippen LogP contribution >= 0.6 is 11.3 Å². The third kappa shape index (κ3) is 8.05. The summed E-state index contributed by atoms with van der Waals surface area (Å²) in [5, 5.41) is 11.6. The van der Waals surface area contributed by atoms with Gasteiger partial charge in [-0.25, -0.2) is 0 Å². The van der Waals surface area contributed by atoms with Gasteiger partial charge in [0.2, 0.25) is 0 Å². The van der Waals surface area contributed by atoms with Crippen LogP contribution in [0.4, 0.5) is 5.82 Å². The first-order valence-electron chi connectivity index (χ1n) is 15.7. The Morgan fingerprint density at radius 1 is 0.897 bits per heavy atom. The third-order valence-corrected chi connectivity index (χ3v) is 24.5. The summed E-state index contributed by atoms with van der Waals surface area (Å²) >= 11 is -1.01. The van der Waals surface area contributed by atoms with Crippen LogP contribution in [0, 0.1) is 5.92 Å². The molecule has 2 saturated heterocycles. The number of hydrogen-bond acceptors (Lipinski definition) is 8. The third-order valence-electron chi connectivity index (χ3n) is 9.04.